The summed E-state index contributed by atoms with van der Waals surface area (Å²) in [6.07, 6.45) is 0. The van der Waals surface area contributed by atoms with Gasteiger partial charge in [0.1, 0.15) is 0 Å². The van der Waals surface area contributed by atoms with Crippen molar-refractivity contribution in [3.63, 3.8) is 0 Å². The van der Waals surface area contributed by atoms with E-state index >= 15 is 0 Å². The number of rotatable bonds is 1. The van der Waals surface area contributed by atoms with Crippen molar-refractivity contribution in [1.29, 1.82) is 0 Å². The molecule has 11 heavy (non-hydrogen) atoms. The van der Waals surface area contributed by atoms with E-state index in [1.165, 1.54) is 0 Å². The first-order chi connectivity index (χ1) is 5.15. The second kappa shape index (κ2) is 3.54. The molecule has 0 spiro atoms. The number of nitrogens with zero attached hydrogens (tertiary/aromatic N) is 1. The third kappa shape index (κ3) is 1.93. The van der Waals surface area contributed by atoms with E-state index < -0.39 is 0 Å². The minimum Gasteiger partial charge on any atom is -0.480 e. The minimum absolute atomic E-state index is 0.616. The maximum atomic E-state index is 5.00. The van der Waals surface area contributed by atoms with Crippen LogP contribution in [0.3, 0.4) is 0 Å². The molecule has 60 valence electrons. The molecule has 1 aromatic heterocycles. The van der Waals surface area contributed by atoms with Gasteiger partial charge in [0.05, 0.1) is 17.3 Å². The third-order valence-corrected chi connectivity index (χ3v) is 2.64. The van der Waals surface area contributed by atoms with E-state index in [-0.39, 0.29) is 0 Å². The quantitative estimate of drug-likeness (QED) is 0.789. The molecule has 0 saturated heterocycles. The van der Waals surface area contributed by atoms with Crippen molar-refractivity contribution in [1.82, 2.24) is 4.98 Å². The lowest BCUT2D eigenvalue weighted by Crippen LogP contribution is -1.91. The molecule has 1 heterocycles. The Labute approximate surface area is 82.2 Å². The van der Waals surface area contributed by atoms with E-state index in [4.69, 9.17) is 4.74 Å². The first kappa shape index (κ1) is 9.00. The molecule has 0 saturated carbocycles. The summed E-state index contributed by atoms with van der Waals surface area (Å²) in [4.78, 5) is 4.17. The number of hydrogen-bond acceptors (Lipinski definition) is 2. The van der Waals surface area contributed by atoms with Gasteiger partial charge in [0, 0.05) is 4.47 Å². The Hall–Kier alpha value is -0.0900. The van der Waals surface area contributed by atoms with Crippen LogP contribution in [0.1, 0.15) is 5.69 Å². The van der Waals surface area contributed by atoms with Crippen molar-refractivity contribution < 1.29 is 4.74 Å². The summed E-state index contributed by atoms with van der Waals surface area (Å²) in [6.45, 7) is 1.92. The fraction of sp³-hybridized carbons (Fsp3) is 0.286. The van der Waals surface area contributed by atoms with Gasteiger partial charge in [-0.2, -0.15) is 0 Å². The topological polar surface area (TPSA) is 22.1 Å². The second-order valence-electron chi connectivity index (χ2n) is 2.05. The summed E-state index contributed by atoms with van der Waals surface area (Å²) in [5.74, 6) is 0.616. The molecule has 4 heteroatoms. The Balaban J connectivity index is 3.21. The van der Waals surface area contributed by atoms with Crippen LogP contribution < -0.4 is 4.74 Å². The Morgan fingerprint density at radius 3 is 2.55 bits per heavy atom. The lowest BCUT2D eigenvalue weighted by atomic mass is 10.4. The van der Waals surface area contributed by atoms with Crippen LogP contribution in [0.4, 0.5) is 0 Å². The van der Waals surface area contributed by atoms with Crippen molar-refractivity contribution in [2.75, 3.05) is 7.11 Å². The molecule has 0 aliphatic carbocycles. The number of aromatic nitrogens is 1. The molecule has 2 nitrogen and oxygen atoms in total. The Morgan fingerprint density at radius 1 is 1.36 bits per heavy atom. The van der Waals surface area contributed by atoms with Crippen LogP contribution in [-0.2, 0) is 0 Å². The van der Waals surface area contributed by atoms with Gasteiger partial charge in [-0.3, -0.25) is 0 Å². The first-order valence-corrected chi connectivity index (χ1v) is 4.60. The number of ether oxygens (including phenoxy) is 1. The molecule has 0 atom stereocenters. The third-order valence-electron chi connectivity index (χ3n) is 1.27. The molecule has 0 unspecified atom stereocenters. The van der Waals surface area contributed by atoms with Crippen LogP contribution in [0.25, 0.3) is 0 Å². The largest absolute Gasteiger partial charge is 0.480 e. The van der Waals surface area contributed by atoms with E-state index in [1.54, 1.807) is 7.11 Å². The van der Waals surface area contributed by atoms with E-state index in [9.17, 15) is 0 Å². The predicted octanol–water partition coefficient (Wildman–Crippen LogP) is 2.92. The molecule has 0 aromatic carbocycles. The SMILES string of the molecule is COc1nc(C)c(Br)cc1Br. The maximum Gasteiger partial charge on any atom is 0.227 e. The molecule has 0 fully saturated rings. The van der Waals surface area contributed by atoms with Gasteiger partial charge in [0.25, 0.3) is 0 Å². The summed E-state index contributed by atoms with van der Waals surface area (Å²) < 4.78 is 6.84. The summed E-state index contributed by atoms with van der Waals surface area (Å²) in [7, 11) is 1.60. The summed E-state index contributed by atoms with van der Waals surface area (Å²) in [5.41, 5.74) is 0.921. The molecule has 0 amide bonds. The number of hydrogen-bond donors (Lipinski definition) is 0. The molecule has 0 aliphatic heterocycles. The molecule has 0 N–H and O–H groups in total. The van der Waals surface area contributed by atoms with E-state index in [0.29, 0.717) is 5.88 Å². The van der Waals surface area contributed by atoms with Gasteiger partial charge >= 0.3 is 0 Å². The van der Waals surface area contributed by atoms with Gasteiger partial charge in [-0.25, -0.2) is 4.98 Å². The van der Waals surface area contributed by atoms with Gasteiger partial charge in [-0.1, -0.05) is 0 Å². The maximum absolute atomic E-state index is 5.00. The van der Waals surface area contributed by atoms with Gasteiger partial charge < -0.3 is 4.74 Å². The van der Waals surface area contributed by atoms with Gasteiger partial charge in [0.2, 0.25) is 5.88 Å². The van der Waals surface area contributed by atoms with Gasteiger partial charge in [0.15, 0.2) is 0 Å². The molecular formula is C7H7Br2NO. The van der Waals surface area contributed by atoms with Crippen LogP contribution in [0.15, 0.2) is 15.0 Å². The standard InChI is InChI=1S/C7H7Br2NO/c1-4-5(8)3-6(9)7(10-4)11-2/h3H,1-2H3. The minimum atomic E-state index is 0.616. The van der Waals surface area contributed by atoms with E-state index in [1.807, 2.05) is 13.0 Å². The Morgan fingerprint density at radius 2 is 2.00 bits per heavy atom. The highest BCUT2D eigenvalue weighted by molar-refractivity contribution is 9.11. The van der Waals surface area contributed by atoms with E-state index in [0.717, 1.165) is 14.6 Å². The van der Waals surface area contributed by atoms with Crippen molar-refractivity contribution >= 4 is 31.9 Å². The lowest BCUT2D eigenvalue weighted by Gasteiger charge is -2.03. The van der Waals surface area contributed by atoms with Gasteiger partial charge in [-0.15, -0.1) is 0 Å². The van der Waals surface area contributed by atoms with Crippen LogP contribution in [0, 0.1) is 6.92 Å². The van der Waals surface area contributed by atoms with Crippen molar-refractivity contribution in [3.05, 3.63) is 20.7 Å². The molecular weight excluding hydrogens is 274 g/mol. The Kier molecular flexibility index (Phi) is 2.90. The van der Waals surface area contributed by atoms with Gasteiger partial charge in [-0.05, 0) is 44.8 Å². The second-order valence-corrected chi connectivity index (χ2v) is 3.76. The molecule has 0 aliphatic rings. The highest BCUT2D eigenvalue weighted by atomic mass is 79.9. The van der Waals surface area contributed by atoms with Crippen molar-refractivity contribution in [2.45, 2.75) is 6.92 Å². The molecule has 1 aromatic rings. The monoisotopic (exact) mass is 279 g/mol. The average molecular weight is 281 g/mol. The fourth-order valence-electron chi connectivity index (χ4n) is 0.680. The highest BCUT2D eigenvalue weighted by Gasteiger charge is 2.04. The number of aryl methyl sites for hydroxylation is 1. The average Bonchev–Trinajstić information content (AvgIpc) is 1.97. The van der Waals surface area contributed by atoms with Crippen LogP contribution in [0.5, 0.6) is 5.88 Å². The van der Waals surface area contributed by atoms with Crippen LogP contribution in [-0.4, -0.2) is 12.1 Å². The Bertz CT molecular complexity index is 275. The van der Waals surface area contributed by atoms with E-state index in [2.05, 4.69) is 36.8 Å². The number of pyridine rings is 1. The zero-order chi connectivity index (χ0) is 8.43. The molecule has 0 radical (unpaired) electrons. The smallest absolute Gasteiger partial charge is 0.227 e. The fourth-order valence-corrected chi connectivity index (χ4v) is 1.78. The zero-order valence-electron chi connectivity index (χ0n) is 6.19. The van der Waals surface area contributed by atoms with Crippen LogP contribution >= 0.6 is 31.9 Å². The van der Waals surface area contributed by atoms with Crippen molar-refractivity contribution in [2.24, 2.45) is 0 Å². The van der Waals surface area contributed by atoms with Crippen LogP contribution in [0.2, 0.25) is 0 Å². The first-order valence-electron chi connectivity index (χ1n) is 3.01. The molecule has 0 bridgehead atoms. The number of halogens is 2. The summed E-state index contributed by atoms with van der Waals surface area (Å²) in [5, 5.41) is 0. The highest BCUT2D eigenvalue weighted by Crippen LogP contribution is 2.27. The predicted molar refractivity (Wildman–Crippen MR) is 50.9 cm³/mol. The zero-order valence-corrected chi connectivity index (χ0v) is 9.36. The lowest BCUT2D eigenvalue weighted by molar-refractivity contribution is 0.394. The summed E-state index contributed by atoms with van der Waals surface area (Å²) in [6, 6.07) is 1.92. The summed E-state index contributed by atoms with van der Waals surface area (Å²) >= 11 is 6.69. The normalized spacial score (nSPS) is 9.82. The molecule has 1 rings (SSSR count). The number of methoxy groups -OCH3 is 1. The van der Waals surface area contributed by atoms with Crippen molar-refractivity contribution in [3.8, 4) is 5.88 Å².